The standard InChI is InChI=1S/C24H25FN6O3/c1-13(12-32)29-21-8-19-15(9-27-21)6-17(23(30-19)24(26)33)22(16-10-28-31(2)11-16)14-4-5-20(34-3)18(25)7-14/h4-11,13,22,32H,12H2,1-3H3,(H2,26,33)(H,27,29)/t13-,22-/m0/s1. The van der Waals surface area contributed by atoms with Crippen LogP contribution in [0.5, 0.6) is 5.75 Å². The van der Waals surface area contributed by atoms with Gasteiger partial charge in [-0.05, 0) is 36.2 Å². The van der Waals surface area contributed by atoms with Gasteiger partial charge in [-0.15, -0.1) is 0 Å². The molecule has 9 nitrogen and oxygen atoms in total. The number of nitrogens with one attached hydrogen (secondary N) is 1. The van der Waals surface area contributed by atoms with Crippen LogP contribution < -0.4 is 15.8 Å². The molecule has 34 heavy (non-hydrogen) atoms. The number of aliphatic hydroxyl groups excluding tert-OH is 1. The molecule has 1 amide bonds. The van der Waals surface area contributed by atoms with E-state index in [1.54, 1.807) is 48.5 Å². The summed E-state index contributed by atoms with van der Waals surface area (Å²) >= 11 is 0. The Morgan fingerprint density at radius 1 is 1.26 bits per heavy atom. The Morgan fingerprint density at radius 2 is 2.06 bits per heavy atom. The highest BCUT2D eigenvalue weighted by Crippen LogP contribution is 2.36. The van der Waals surface area contributed by atoms with Gasteiger partial charge in [0.15, 0.2) is 11.6 Å². The average molecular weight is 465 g/mol. The van der Waals surface area contributed by atoms with Gasteiger partial charge in [0.2, 0.25) is 0 Å². The molecular formula is C24H25FN6O3. The second-order valence-electron chi connectivity index (χ2n) is 8.05. The summed E-state index contributed by atoms with van der Waals surface area (Å²) in [7, 11) is 3.17. The SMILES string of the molecule is COc1ccc([C@@H](c2cnn(C)c2)c2cc3cnc(N[C@@H](C)CO)cc3nc2C(N)=O)cc1F. The topological polar surface area (TPSA) is 128 Å². The molecule has 2 atom stereocenters. The molecule has 0 saturated heterocycles. The van der Waals surface area contributed by atoms with Gasteiger partial charge in [-0.2, -0.15) is 5.10 Å². The molecule has 0 aliphatic carbocycles. The molecule has 0 saturated carbocycles. The lowest BCUT2D eigenvalue weighted by Crippen LogP contribution is -2.20. The zero-order chi connectivity index (χ0) is 24.4. The smallest absolute Gasteiger partial charge is 0.267 e. The molecule has 0 aliphatic heterocycles. The molecule has 0 aliphatic rings. The number of methoxy groups -OCH3 is 1. The third kappa shape index (κ3) is 4.53. The third-order valence-corrected chi connectivity index (χ3v) is 5.51. The van der Waals surface area contributed by atoms with E-state index in [9.17, 15) is 14.3 Å². The monoisotopic (exact) mass is 464 g/mol. The lowest BCUT2D eigenvalue weighted by molar-refractivity contribution is 0.0995. The third-order valence-electron chi connectivity index (χ3n) is 5.51. The van der Waals surface area contributed by atoms with Crippen LogP contribution in [0.15, 0.2) is 48.9 Å². The molecule has 0 fully saturated rings. The van der Waals surface area contributed by atoms with Gasteiger partial charge in [0.1, 0.15) is 11.5 Å². The first-order valence-electron chi connectivity index (χ1n) is 10.6. The second-order valence-corrected chi connectivity index (χ2v) is 8.05. The molecule has 3 heterocycles. The van der Waals surface area contributed by atoms with E-state index < -0.39 is 17.6 Å². The van der Waals surface area contributed by atoms with Gasteiger partial charge < -0.3 is 20.9 Å². The summed E-state index contributed by atoms with van der Waals surface area (Å²) in [6.07, 6.45) is 5.07. The number of carbonyl (C=O) groups is 1. The van der Waals surface area contributed by atoms with Gasteiger partial charge in [-0.3, -0.25) is 9.48 Å². The van der Waals surface area contributed by atoms with E-state index in [0.717, 1.165) is 5.56 Å². The van der Waals surface area contributed by atoms with Crippen molar-refractivity contribution in [2.45, 2.75) is 18.9 Å². The second kappa shape index (κ2) is 9.44. The zero-order valence-corrected chi connectivity index (χ0v) is 19.0. The Morgan fingerprint density at radius 3 is 2.68 bits per heavy atom. The molecule has 4 rings (SSSR count). The largest absolute Gasteiger partial charge is 0.494 e. The summed E-state index contributed by atoms with van der Waals surface area (Å²) in [6, 6.07) is 7.90. The Balaban J connectivity index is 1.91. The quantitative estimate of drug-likeness (QED) is 0.366. The van der Waals surface area contributed by atoms with Crippen LogP contribution in [0, 0.1) is 5.82 Å². The Labute approximate surface area is 195 Å². The van der Waals surface area contributed by atoms with Gasteiger partial charge in [-0.1, -0.05) is 6.07 Å². The van der Waals surface area contributed by atoms with Crippen molar-refractivity contribution in [1.29, 1.82) is 0 Å². The molecule has 4 N–H and O–H groups in total. The summed E-state index contributed by atoms with van der Waals surface area (Å²) in [4.78, 5) is 21.4. The van der Waals surface area contributed by atoms with Gasteiger partial charge >= 0.3 is 0 Å². The van der Waals surface area contributed by atoms with E-state index in [1.807, 2.05) is 6.92 Å². The number of carbonyl (C=O) groups excluding carboxylic acids is 1. The van der Waals surface area contributed by atoms with E-state index in [4.69, 9.17) is 10.5 Å². The highest BCUT2D eigenvalue weighted by atomic mass is 19.1. The molecule has 4 aromatic rings. The van der Waals surface area contributed by atoms with Crippen LogP contribution in [0.2, 0.25) is 0 Å². The van der Waals surface area contributed by atoms with E-state index in [0.29, 0.717) is 27.8 Å². The predicted octanol–water partition coefficient (Wildman–Crippen LogP) is 2.58. The van der Waals surface area contributed by atoms with Gasteiger partial charge in [-0.25, -0.2) is 14.4 Å². The fourth-order valence-corrected chi connectivity index (χ4v) is 3.88. The number of hydrogen-bond acceptors (Lipinski definition) is 7. The van der Waals surface area contributed by atoms with Crippen molar-refractivity contribution in [3.8, 4) is 5.75 Å². The van der Waals surface area contributed by atoms with Crippen LogP contribution in [-0.4, -0.2) is 50.5 Å². The lowest BCUT2D eigenvalue weighted by Gasteiger charge is -2.20. The maximum atomic E-state index is 14.6. The summed E-state index contributed by atoms with van der Waals surface area (Å²) in [5.74, 6) is -1.19. The van der Waals surface area contributed by atoms with Crippen molar-refractivity contribution < 1.29 is 19.0 Å². The molecule has 1 aromatic carbocycles. The van der Waals surface area contributed by atoms with E-state index >= 15 is 0 Å². The van der Waals surface area contributed by atoms with Crippen molar-refractivity contribution in [3.05, 3.63) is 77.1 Å². The maximum Gasteiger partial charge on any atom is 0.267 e. The number of primary amides is 1. The molecule has 0 radical (unpaired) electrons. The number of aromatic nitrogens is 4. The van der Waals surface area contributed by atoms with Crippen LogP contribution in [0.3, 0.4) is 0 Å². The number of benzene rings is 1. The maximum absolute atomic E-state index is 14.6. The van der Waals surface area contributed by atoms with Crippen molar-refractivity contribution >= 4 is 22.6 Å². The van der Waals surface area contributed by atoms with Crippen molar-refractivity contribution in [2.75, 3.05) is 19.0 Å². The number of rotatable bonds is 8. The number of amides is 1. The van der Waals surface area contributed by atoms with Gasteiger partial charge in [0.25, 0.3) is 5.91 Å². The number of aryl methyl sites for hydroxylation is 1. The first-order chi connectivity index (χ1) is 16.3. The molecular weight excluding hydrogens is 439 g/mol. The summed E-state index contributed by atoms with van der Waals surface area (Å²) in [6.45, 7) is 1.74. The van der Waals surface area contributed by atoms with Crippen LogP contribution >= 0.6 is 0 Å². The number of hydrogen-bond donors (Lipinski definition) is 3. The number of aliphatic hydroxyl groups is 1. The van der Waals surface area contributed by atoms with E-state index in [1.165, 1.54) is 19.2 Å². The predicted molar refractivity (Wildman–Crippen MR) is 125 cm³/mol. The number of nitrogens with two attached hydrogens (primary N) is 1. The molecule has 0 unspecified atom stereocenters. The fraction of sp³-hybridized carbons (Fsp3) is 0.250. The highest BCUT2D eigenvalue weighted by Gasteiger charge is 2.26. The van der Waals surface area contributed by atoms with Gasteiger partial charge in [0.05, 0.1) is 25.4 Å². The highest BCUT2D eigenvalue weighted by molar-refractivity contribution is 5.96. The molecule has 0 spiro atoms. The number of ether oxygens (including phenoxy) is 1. The number of anilines is 1. The van der Waals surface area contributed by atoms with E-state index in [-0.39, 0.29) is 24.1 Å². The minimum absolute atomic E-state index is 0.0601. The van der Waals surface area contributed by atoms with Crippen LogP contribution in [0.25, 0.3) is 10.9 Å². The number of halogens is 1. The molecule has 10 heteroatoms. The first-order valence-corrected chi connectivity index (χ1v) is 10.6. The van der Waals surface area contributed by atoms with Crippen molar-refractivity contribution in [3.63, 3.8) is 0 Å². The van der Waals surface area contributed by atoms with Crippen LogP contribution in [-0.2, 0) is 7.05 Å². The Hall–Kier alpha value is -4.05. The number of fused-ring (bicyclic) bond motifs is 1. The fourth-order valence-electron chi connectivity index (χ4n) is 3.88. The van der Waals surface area contributed by atoms with Crippen molar-refractivity contribution in [2.24, 2.45) is 12.8 Å². The van der Waals surface area contributed by atoms with Crippen molar-refractivity contribution in [1.82, 2.24) is 19.7 Å². The Kier molecular flexibility index (Phi) is 6.42. The summed E-state index contributed by atoms with van der Waals surface area (Å²) < 4.78 is 21.3. The molecule has 0 bridgehead atoms. The van der Waals surface area contributed by atoms with Crippen LogP contribution in [0.1, 0.15) is 40.0 Å². The summed E-state index contributed by atoms with van der Waals surface area (Å²) in [5, 5.41) is 17.3. The summed E-state index contributed by atoms with van der Waals surface area (Å²) in [5.41, 5.74) is 8.13. The van der Waals surface area contributed by atoms with E-state index in [2.05, 4.69) is 20.4 Å². The Bertz CT molecular complexity index is 1360. The minimum atomic E-state index is -0.713. The van der Waals surface area contributed by atoms with Gasteiger partial charge in [0, 0.05) is 48.4 Å². The van der Waals surface area contributed by atoms with Crippen LogP contribution in [0.4, 0.5) is 10.2 Å². The number of nitrogens with zero attached hydrogens (tertiary/aromatic N) is 4. The number of pyridine rings is 2. The normalized spacial score (nSPS) is 13.0. The lowest BCUT2D eigenvalue weighted by atomic mass is 9.85. The molecule has 3 aromatic heterocycles. The minimum Gasteiger partial charge on any atom is -0.494 e. The average Bonchev–Trinajstić information content (AvgIpc) is 3.24. The zero-order valence-electron chi connectivity index (χ0n) is 19.0. The first kappa shape index (κ1) is 23.1. The molecule has 176 valence electrons.